The van der Waals surface area contributed by atoms with Crippen molar-refractivity contribution < 1.29 is 32.2 Å². The van der Waals surface area contributed by atoms with Gasteiger partial charge in [0.25, 0.3) is 5.91 Å². The molecular formula is C24H29F3N4O4. The number of halogens is 3. The fraction of sp³-hybridized carbons (Fsp3) is 0.458. The van der Waals surface area contributed by atoms with E-state index in [1.165, 1.54) is 11.0 Å². The highest BCUT2D eigenvalue weighted by atomic mass is 19.4. The Morgan fingerprint density at radius 3 is 2.54 bits per heavy atom. The summed E-state index contributed by atoms with van der Waals surface area (Å²) in [4.78, 5) is 31.4. The van der Waals surface area contributed by atoms with Crippen LogP contribution in [-0.2, 0) is 20.5 Å². The Balaban J connectivity index is 1.53. The zero-order valence-corrected chi connectivity index (χ0v) is 20.1. The minimum atomic E-state index is -4.51. The number of carbonyl (C=O) groups is 2. The van der Waals surface area contributed by atoms with Gasteiger partial charge in [0, 0.05) is 45.0 Å². The van der Waals surface area contributed by atoms with Gasteiger partial charge in [-0.3, -0.25) is 9.59 Å². The lowest BCUT2D eigenvalue weighted by molar-refractivity contribution is -0.154. The van der Waals surface area contributed by atoms with Crippen LogP contribution in [0.4, 0.5) is 18.9 Å². The molecule has 0 bridgehead atoms. The second-order valence-corrected chi connectivity index (χ2v) is 8.97. The number of hydrogen-bond acceptors (Lipinski definition) is 6. The molecule has 2 heterocycles. The third-order valence-electron chi connectivity index (χ3n) is 5.48. The third kappa shape index (κ3) is 7.08. The predicted molar refractivity (Wildman–Crippen MR) is 123 cm³/mol. The van der Waals surface area contributed by atoms with Gasteiger partial charge < -0.3 is 24.6 Å². The summed E-state index contributed by atoms with van der Waals surface area (Å²) in [5.41, 5.74) is -1.24. The number of anilines is 1. The maximum absolute atomic E-state index is 12.7. The molecule has 1 N–H and O–H groups in total. The lowest BCUT2D eigenvalue weighted by Gasteiger charge is -2.27. The van der Waals surface area contributed by atoms with Gasteiger partial charge in [-0.25, -0.2) is 4.98 Å². The van der Waals surface area contributed by atoms with Crippen molar-refractivity contribution in [1.29, 1.82) is 0 Å². The maximum Gasteiger partial charge on any atom is 0.433 e. The molecule has 2 amide bonds. The van der Waals surface area contributed by atoms with Crippen LogP contribution in [0.2, 0.25) is 0 Å². The summed E-state index contributed by atoms with van der Waals surface area (Å²) in [6.07, 6.45) is -2.75. The highest BCUT2D eigenvalue weighted by Gasteiger charge is 2.33. The lowest BCUT2D eigenvalue weighted by atomic mass is 10.1. The topological polar surface area (TPSA) is 84.0 Å². The van der Waals surface area contributed by atoms with Gasteiger partial charge in [-0.15, -0.1) is 0 Å². The van der Waals surface area contributed by atoms with E-state index in [9.17, 15) is 22.8 Å². The molecular weight excluding hydrogens is 465 g/mol. The Bertz CT molecular complexity index is 1040. The number of amides is 2. The lowest BCUT2D eigenvalue weighted by Crippen LogP contribution is -2.46. The number of aromatic nitrogens is 1. The first-order valence-electron chi connectivity index (χ1n) is 11.1. The summed E-state index contributed by atoms with van der Waals surface area (Å²) in [5.74, 6) is 0.116. The Morgan fingerprint density at radius 1 is 1.17 bits per heavy atom. The van der Waals surface area contributed by atoms with Crippen molar-refractivity contribution in [3.63, 3.8) is 0 Å². The second kappa shape index (κ2) is 10.5. The Morgan fingerprint density at radius 2 is 1.91 bits per heavy atom. The van der Waals surface area contributed by atoms with Gasteiger partial charge >= 0.3 is 6.18 Å². The molecule has 190 valence electrons. The smallest absolute Gasteiger partial charge is 0.433 e. The molecule has 11 heteroatoms. The molecule has 1 saturated heterocycles. The van der Waals surface area contributed by atoms with Gasteiger partial charge in [0.05, 0.1) is 6.20 Å². The van der Waals surface area contributed by atoms with Crippen LogP contribution in [0, 0.1) is 0 Å². The number of alkyl halides is 3. The molecule has 2 aromatic rings. The van der Waals surface area contributed by atoms with E-state index in [1.807, 2.05) is 6.07 Å². The Labute approximate surface area is 202 Å². The van der Waals surface area contributed by atoms with Gasteiger partial charge in [-0.2, -0.15) is 13.2 Å². The fourth-order valence-electron chi connectivity index (χ4n) is 3.72. The van der Waals surface area contributed by atoms with E-state index in [1.54, 1.807) is 46.1 Å². The molecule has 0 radical (unpaired) electrons. The molecule has 1 aliphatic rings. The monoisotopic (exact) mass is 494 g/mol. The van der Waals surface area contributed by atoms with Crippen molar-refractivity contribution in [3.05, 3.63) is 48.3 Å². The number of ether oxygens (including phenoxy) is 2. The van der Waals surface area contributed by atoms with Crippen molar-refractivity contribution in [2.24, 2.45) is 0 Å². The van der Waals surface area contributed by atoms with E-state index in [0.717, 1.165) is 24.4 Å². The number of nitrogens with one attached hydrogen (secondary N) is 1. The molecule has 0 saturated carbocycles. The quantitative estimate of drug-likeness (QED) is 0.605. The van der Waals surface area contributed by atoms with Crippen LogP contribution in [0.3, 0.4) is 0 Å². The second-order valence-electron chi connectivity index (χ2n) is 8.97. The highest BCUT2D eigenvalue weighted by Crippen LogP contribution is 2.31. The molecule has 35 heavy (non-hydrogen) atoms. The van der Waals surface area contributed by atoms with E-state index < -0.39 is 17.5 Å². The summed E-state index contributed by atoms with van der Waals surface area (Å²) in [7, 11) is 3.25. The number of nitrogens with zero attached hydrogens (tertiary/aromatic N) is 3. The number of rotatable bonds is 8. The minimum Gasteiger partial charge on any atom is -0.456 e. The van der Waals surface area contributed by atoms with Crippen LogP contribution < -0.4 is 15.0 Å². The summed E-state index contributed by atoms with van der Waals surface area (Å²) < 4.78 is 49.2. The van der Waals surface area contributed by atoms with Crippen LogP contribution >= 0.6 is 0 Å². The standard InChI is InChI=1S/C24H29F3N4O4/c1-23(2,22(33)30(3)4)34-15-21(32)29-16-10-11-31(14-16)17-6-5-7-18(12-17)35-19-8-9-20(28-13-19)24(25,26)27/h5-9,12-13,16H,10-11,14-15H2,1-4H3,(H,29,32). The number of likely N-dealkylation sites (N-methyl/N-ethyl adjacent to an activating group) is 1. The van der Waals surface area contributed by atoms with Gasteiger partial charge in [-0.05, 0) is 44.5 Å². The Hall–Kier alpha value is -3.34. The summed E-state index contributed by atoms with van der Waals surface area (Å²) in [5, 5.41) is 2.93. The van der Waals surface area contributed by atoms with Gasteiger partial charge in [0.15, 0.2) is 0 Å². The molecule has 0 spiro atoms. The first kappa shape index (κ1) is 26.3. The van der Waals surface area contributed by atoms with E-state index in [2.05, 4.69) is 15.2 Å². The first-order chi connectivity index (χ1) is 16.3. The molecule has 1 unspecified atom stereocenters. The summed E-state index contributed by atoms with van der Waals surface area (Å²) >= 11 is 0. The molecule has 8 nitrogen and oxygen atoms in total. The minimum absolute atomic E-state index is 0.0950. The van der Waals surface area contributed by atoms with Gasteiger partial charge in [0.1, 0.15) is 29.4 Å². The normalized spacial score (nSPS) is 16.2. The SMILES string of the molecule is CN(C)C(=O)C(C)(C)OCC(=O)NC1CCN(c2cccc(Oc3ccc(C(F)(F)F)nc3)c2)C1. The van der Waals surface area contributed by atoms with Crippen LogP contribution in [0.15, 0.2) is 42.6 Å². The molecule has 3 rings (SSSR count). The van der Waals surface area contributed by atoms with E-state index in [0.29, 0.717) is 18.8 Å². The fourth-order valence-corrected chi connectivity index (χ4v) is 3.72. The molecule has 0 aliphatic carbocycles. The number of benzene rings is 1. The predicted octanol–water partition coefficient (Wildman–Crippen LogP) is 3.47. The van der Waals surface area contributed by atoms with Crippen LogP contribution in [0.5, 0.6) is 11.5 Å². The summed E-state index contributed by atoms with van der Waals surface area (Å²) in [6, 6.07) is 9.15. The molecule has 1 aliphatic heterocycles. The highest BCUT2D eigenvalue weighted by molar-refractivity contribution is 5.84. The average Bonchev–Trinajstić information content (AvgIpc) is 3.25. The van der Waals surface area contributed by atoms with Crippen molar-refractivity contribution in [3.8, 4) is 11.5 Å². The zero-order chi connectivity index (χ0) is 25.8. The number of carbonyl (C=O) groups excluding carboxylic acids is 2. The summed E-state index contributed by atoms with van der Waals surface area (Å²) in [6.45, 7) is 4.28. The average molecular weight is 495 g/mol. The maximum atomic E-state index is 12.7. The Kier molecular flexibility index (Phi) is 7.89. The van der Waals surface area contributed by atoms with Crippen LogP contribution in [0.1, 0.15) is 26.0 Å². The molecule has 1 aromatic heterocycles. The van der Waals surface area contributed by atoms with E-state index >= 15 is 0 Å². The molecule has 1 fully saturated rings. The number of pyridine rings is 1. The van der Waals surface area contributed by atoms with Crippen molar-refractivity contribution >= 4 is 17.5 Å². The number of hydrogen-bond donors (Lipinski definition) is 1. The van der Waals surface area contributed by atoms with Crippen LogP contribution in [-0.4, -0.2) is 67.1 Å². The van der Waals surface area contributed by atoms with Crippen molar-refractivity contribution in [2.75, 3.05) is 38.7 Å². The van der Waals surface area contributed by atoms with Crippen LogP contribution in [0.25, 0.3) is 0 Å². The van der Waals surface area contributed by atoms with E-state index in [4.69, 9.17) is 9.47 Å². The largest absolute Gasteiger partial charge is 0.456 e. The first-order valence-corrected chi connectivity index (χ1v) is 11.1. The van der Waals surface area contributed by atoms with Crippen molar-refractivity contribution in [2.45, 2.75) is 38.1 Å². The van der Waals surface area contributed by atoms with Gasteiger partial charge in [0.2, 0.25) is 5.91 Å². The molecule has 1 atom stereocenters. The third-order valence-corrected chi connectivity index (χ3v) is 5.48. The van der Waals surface area contributed by atoms with Crippen molar-refractivity contribution in [1.82, 2.24) is 15.2 Å². The van der Waals surface area contributed by atoms with E-state index in [-0.39, 0.29) is 30.2 Å². The van der Waals surface area contributed by atoms with Gasteiger partial charge in [-0.1, -0.05) is 6.07 Å². The molecule has 1 aromatic carbocycles. The zero-order valence-electron chi connectivity index (χ0n) is 20.1.